The number of anilines is 1. The average Bonchev–Trinajstić information content (AvgIpc) is 2.54. The van der Waals surface area contributed by atoms with Crippen LogP contribution in [-0.4, -0.2) is 27.5 Å². The Kier molecular flexibility index (Phi) is 4.33. The van der Waals surface area contributed by atoms with Crippen LogP contribution in [0.3, 0.4) is 0 Å². The highest BCUT2D eigenvalue weighted by Gasteiger charge is 2.10. The maximum Gasteiger partial charge on any atom is 0.320 e. The van der Waals surface area contributed by atoms with Gasteiger partial charge in [0.2, 0.25) is 0 Å². The first-order valence-electron chi connectivity index (χ1n) is 7.52. The van der Waals surface area contributed by atoms with Gasteiger partial charge >= 0.3 is 6.03 Å². The van der Waals surface area contributed by atoms with Gasteiger partial charge in [0.1, 0.15) is 17.2 Å². The molecule has 2 amide bonds. The smallest absolute Gasteiger partial charge is 0.320 e. The maximum atomic E-state index is 14.1. The number of hydrogen-bond donors (Lipinski definition) is 2. The molecule has 0 radical (unpaired) electrons. The summed E-state index contributed by atoms with van der Waals surface area (Å²) in [7, 11) is 0. The number of fused-ring (bicyclic) bond motifs is 1. The largest absolute Gasteiger partial charge is 0.338 e. The molecule has 1 aromatic carbocycles. The van der Waals surface area contributed by atoms with E-state index in [2.05, 4.69) is 25.6 Å². The molecule has 0 aliphatic rings. The van der Waals surface area contributed by atoms with Crippen LogP contribution in [0, 0.1) is 12.7 Å². The van der Waals surface area contributed by atoms with Crippen LogP contribution < -0.4 is 10.6 Å². The minimum Gasteiger partial charge on any atom is -0.338 e. The number of carbonyl (C=O) groups is 1. The second-order valence-electron chi connectivity index (χ2n) is 5.26. The van der Waals surface area contributed by atoms with Crippen LogP contribution in [-0.2, 0) is 0 Å². The van der Waals surface area contributed by atoms with Gasteiger partial charge in [0, 0.05) is 12.1 Å². The van der Waals surface area contributed by atoms with E-state index in [-0.39, 0.29) is 11.8 Å². The molecule has 0 saturated carbocycles. The van der Waals surface area contributed by atoms with Gasteiger partial charge in [-0.2, -0.15) is 0 Å². The highest BCUT2D eigenvalue weighted by atomic mass is 19.1. The summed E-state index contributed by atoms with van der Waals surface area (Å²) in [6, 6.07) is 7.91. The standard InChI is InChI=1S/C17H16FN5O/c1-3-19-17(24)23-15-7-6-13-16(22-15)21-14(9-20-13)11-5-4-10(2)8-12(11)18/h4-9H,3H2,1-2H3,(H2,19,21,22,23,24). The van der Waals surface area contributed by atoms with E-state index in [4.69, 9.17) is 0 Å². The van der Waals surface area contributed by atoms with Gasteiger partial charge in [0.15, 0.2) is 5.65 Å². The maximum absolute atomic E-state index is 14.1. The van der Waals surface area contributed by atoms with Gasteiger partial charge in [-0.25, -0.2) is 19.2 Å². The van der Waals surface area contributed by atoms with Crippen molar-refractivity contribution in [3.8, 4) is 11.3 Å². The number of nitrogens with zero attached hydrogens (tertiary/aromatic N) is 3. The van der Waals surface area contributed by atoms with Gasteiger partial charge in [-0.3, -0.25) is 10.3 Å². The third-order valence-corrected chi connectivity index (χ3v) is 3.39. The van der Waals surface area contributed by atoms with Crippen LogP contribution >= 0.6 is 0 Å². The summed E-state index contributed by atoms with van der Waals surface area (Å²) >= 11 is 0. The number of carbonyl (C=O) groups excluding carboxylic acids is 1. The lowest BCUT2D eigenvalue weighted by Gasteiger charge is -2.07. The fraction of sp³-hybridized carbons (Fsp3) is 0.176. The van der Waals surface area contributed by atoms with Gasteiger partial charge < -0.3 is 5.32 Å². The van der Waals surface area contributed by atoms with E-state index < -0.39 is 0 Å². The molecule has 2 N–H and O–H groups in total. The van der Waals surface area contributed by atoms with Crippen LogP contribution in [0.2, 0.25) is 0 Å². The van der Waals surface area contributed by atoms with Crippen LogP contribution in [0.1, 0.15) is 12.5 Å². The summed E-state index contributed by atoms with van der Waals surface area (Å²) < 4.78 is 14.1. The van der Waals surface area contributed by atoms with E-state index in [0.717, 1.165) is 5.56 Å². The van der Waals surface area contributed by atoms with Crippen molar-refractivity contribution in [1.82, 2.24) is 20.3 Å². The molecular formula is C17H16FN5O. The Morgan fingerprint density at radius 1 is 1.21 bits per heavy atom. The number of nitrogens with one attached hydrogen (secondary N) is 2. The molecule has 2 aromatic heterocycles. The number of rotatable bonds is 3. The number of urea groups is 1. The average molecular weight is 325 g/mol. The predicted octanol–water partition coefficient (Wildman–Crippen LogP) is 3.28. The fourth-order valence-electron chi connectivity index (χ4n) is 2.25. The van der Waals surface area contributed by atoms with E-state index in [1.165, 1.54) is 12.3 Å². The van der Waals surface area contributed by atoms with Crippen molar-refractivity contribution in [2.45, 2.75) is 13.8 Å². The van der Waals surface area contributed by atoms with Crippen molar-refractivity contribution in [2.24, 2.45) is 0 Å². The molecule has 3 rings (SSSR count). The summed E-state index contributed by atoms with van der Waals surface area (Å²) in [5.74, 6) is -0.00969. The molecule has 122 valence electrons. The zero-order valence-corrected chi connectivity index (χ0v) is 13.3. The molecule has 6 nitrogen and oxygen atoms in total. The van der Waals surface area contributed by atoms with Gasteiger partial charge in [0.25, 0.3) is 0 Å². The minimum atomic E-state index is -0.361. The lowest BCUT2D eigenvalue weighted by Crippen LogP contribution is -2.28. The number of aromatic nitrogens is 3. The summed E-state index contributed by atoms with van der Waals surface area (Å²) in [6.45, 7) is 4.15. The third kappa shape index (κ3) is 3.29. The quantitative estimate of drug-likeness (QED) is 0.774. The Morgan fingerprint density at radius 2 is 2.04 bits per heavy atom. The topological polar surface area (TPSA) is 79.8 Å². The first kappa shape index (κ1) is 15.8. The Hall–Kier alpha value is -3.09. The summed E-state index contributed by atoms with van der Waals surface area (Å²) in [5, 5.41) is 5.23. The van der Waals surface area contributed by atoms with E-state index in [1.54, 1.807) is 18.2 Å². The highest BCUT2D eigenvalue weighted by molar-refractivity contribution is 5.89. The summed E-state index contributed by atoms with van der Waals surface area (Å²) in [6.07, 6.45) is 1.51. The normalized spacial score (nSPS) is 10.6. The van der Waals surface area contributed by atoms with Crippen molar-refractivity contribution in [1.29, 1.82) is 0 Å². The summed E-state index contributed by atoms with van der Waals surface area (Å²) in [4.78, 5) is 24.5. The van der Waals surface area contributed by atoms with Crippen molar-refractivity contribution in [3.05, 3.63) is 47.9 Å². The van der Waals surface area contributed by atoms with Crippen LogP contribution in [0.5, 0.6) is 0 Å². The van der Waals surface area contributed by atoms with Crippen molar-refractivity contribution in [3.63, 3.8) is 0 Å². The first-order chi connectivity index (χ1) is 11.6. The number of aryl methyl sites for hydroxylation is 1. The van der Waals surface area contributed by atoms with Crippen LogP contribution in [0.15, 0.2) is 36.5 Å². The van der Waals surface area contributed by atoms with Crippen molar-refractivity contribution < 1.29 is 9.18 Å². The molecule has 7 heteroatoms. The van der Waals surface area contributed by atoms with E-state index in [0.29, 0.717) is 34.8 Å². The van der Waals surface area contributed by atoms with Crippen LogP contribution in [0.4, 0.5) is 15.0 Å². The predicted molar refractivity (Wildman–Crippen MR) is 90.2 cm³/mol. The van der Waals surface area contributed by atoms with E-state index in [9.17, 15) is 9.18 Å². The molecule has 2 heterocycles. The number of halogens is 1. The van der Waals surface area contributed by atoms with Gasteiger partial charge in [-0.1, -0.05) is 6.07 Å². The molecule has 3 aromatic rings. The fourth-order valence-corrected chi connectivity index (χ4v) is 2.25. The Balaban J connectivity index is 1.98. The molecule has 0 aliphatic heterocycles. The Labute approximate surface area is 138 Å². The third-order valence-electron chi connectivity index (χ3n) is 3.39. The van der Waals surface area contributed by atoms with Gasteiger partial charge in [-0.05, 0) is 43.7 Å². The van der Waals surface area contributed by atoms with E-state index >= 15 is 0 Å². The molecule has 0 unspecified atom stereocenters. The van der Waals surface area contributed by atoms with Crippen molar-refractivity contribution >= 4 is 23.0 Å². The highest BCUT2D eigenvalue weighted by Crippen LogP contribution is 2.23. The SMILES string of the molecule is CCNC(=O)Nc1ccc2ncc(-c3ccc(C)cc3F)nc2n1. The minimum absolute atomic E-state index is 0.335. The molecule has 0 aliphatic carbocycles. The lowest BCUT2D eigenvalue weighted by molar-refractivity contribution is 0.252. The number of hydrogen-bond acceptors (Lipinski definition) is 4. The van der Waals surface area contributed by atoms with Gasteiger partial charge in [-0.15, -0.1) is 0 Å². The van der Waals surface area contributed by atoms with Crippen molar-refractivity contribution in [2.75, 3.05) is 11.9 Å². The molecule has 0 atom stereocenters. The first-order valence-corrected chi connectivity index (χ1v) is 7.52. The zero-order valence-electron chi connectivity index (χ0n) is 13.3. The van der Waals surface area contributed by atoms with Crippen LogP contribution in [0.25, 0.3) is 22.4 Å². The molecule has 0 bridgehead atoms. The molecule has 0 spiro atoms. The summed E-state index contributed by atoms with van der Waals surface area (Å²) in [5.41, 5.74) is 2.48. The monoisotopic (exact) mass is 325 g/mol. The number of pyridine rings is 1. The lowest BCUT2D eigenvalue weighted by atomic mass is 10.1. The van der Waals surface area contributed by atoms with E-state index in [1.807, 2.05) is 19.9 Å². The number of amides is 2. The second kappa shape index (κ2) is 6.57. The van der Waals surface area contributed by atoms with Gasteiger partial charge in [0.05, 0.1) is 11.9 Å². The molecule has 0 fully saturated rings. The second-order valence-corrected chi connectivity index (χ2v) is 5.26. The zero-order chi connectivity index (χ0) is 17.1. The molecular weight excluding hydrogens is 309 g/mol. The molecule has 0 saturated heterocycles. The molecule has 24 heavy (non-hydrogen) atoms. The number of benzene rings is 1. The Morgan fingerprint density at radius 3 is 2.79 bits per heavy atom. The Bertz CT molecular complexity index is 913.